The van der Waals surface area contributed by atoms with E-state index in [0.717, 1.165) is 13.0 Å². The lowest BCUT2D eigenvalue weighted by molar-refractivity contribution is -0.00474. The van der Waals surface area contributed by atoms with Gasteiger partial charge in [-0.3, -0.25) is 0 Å². The predicted octanol–water partition coefficient (Wildman–Crippen LogP) is 8.43. The van der Waals surface area contributed by atoms with Gasteiger partial charge in [0.05, 0.1) is 6.10 Å². The van der Waals surface area contributed by atoms with E-state index >= 15 is 0 Å². The second kappa shape index (κ2) is 13.8. The molecule has 0 radical (unpaired) electrons. The normalized spacial score (nSPS) is 26.6. The molecule has 0 atom stereocenters. The third kappa shape index (κ3) is 8.36. The molecule has 1 aromatic carbocycles. The van der Waals surface area contributed by atoms with Crippen molar-refractivity contribution >= 4 is 0 Å². The summed E-state index contributed by atoms with van der Waals surface area (Å²) in [6.07, 6.45) is 18.5. The molecule has 32 heavy (non-hydrogen) atoms. The molecule has 2 aliphatic rings. The maximum absolute atomic E-state index is 12.9. The van der Waals surface area contributed by atoms with Crippen molar-refractivity contribution in [1.29, 1.82) is 5.26 Å². The lowest BCUT2D eigenvalue weighted by Gasteiger charge is -2.32. The van der Waals surface area contributed by atoms with Crippen LogP contribution in [-0.2, 0) is 11.2 Å². The molecule has 2 saturated carbocycles. The monoisotopic (exact) mass is 439 g/mol. The number of rotatable bonds is 11. The van der Waals surface area contributed by atoms with Crippen molar-refractivity contribution in [2.75, 3.05) is 6.61 Å². The van der Waals surface area contributed by atoms with Crippen LogP contribution in [0.5, 0.6) is 0 Å². The van der Waals surface area contributed by atoms with Crippen LogP contribution in [0.2, 0.25) is 0 Å². The van der Waals surface area contributed by atoms with Gasteiger partial charge in [0.25, 0.3) is 0 Å². The molecule has 176 valence electrons. The Morgan fingerprint density at radius 1 is 1.00 bits per heavy atom. The molecule has 0 aromatic heterocycles. The summed E-state index contributed by atoms with van der Waals surface area (Å²) in [6, 6.07) is 11.0. The van der Waals surface area contributed by atoms with Crippen molar-refractivity contribution < 1.29 is 9.13 Å². The molecule has 2 fully saturated rings. The maximum atomic E-state index is 12.9. The van der Waals surface area contributed by atoms with Crippen molar-refractivity contribution in [2.24, 2.45) is 11.8 Å². The fraction of sp³-hybridized carbons (Fsp3) is 0.690. The number of nitrogens with zero attached hydrogens (tertiary/aromatic N) is 1. The van der Waals surface area contributed by atoms with Gasteiger partial charge in [-0.25, -0.2) is 0 Å². The van der Waals surface area contributed by atoms with Crippen molar-refractivity contribution in [3.8, 4) is 6.07 Å². The molecular formula is C29H42FNO. The summed E-state index contributed by atoms with van der Waals surface area (Å²) in [5.41, 5.74) is 3.00. The Hall–Kier alpha value is -1.66. The molecule has 0 unspecified atom stereocenters. The fourth-order valence-electron chi connectivity index (χ4n) is 5.55. The van der Waals surface area contributed by atoms with Crippen LogP contribution in [0.15, 0.2) is 36.2 Å². The highest BCUT2D eigenvalue weighted by Gasteiger charge is 2.25. The third-order valence-corrected chi connectivity index (χ3v) is 7.73. The molecule has 0 N–H and O–H groups in total. The molecule has 0 amide bonds. The van der Waals surface area contributed by atoms with Gasteiger partial charge in [-0.15, -0.1) is 0 Å². The van der Waals surface area contributed by atoms with E-state index in [4.69, 9.17) is 10.00 Å². The quantitative estimate of drug-likeness (QED) is 0.256. The Morgan fingerprint density at radius 2 is 1.69 bits per heavy atom. The molecule has 1 aromatic rings. The Kier molecular flexibility index (Phi) is 10.8. The van der Waals surface area contributed by atoms with Gasteiger partial charge in [0.15, 0.2) is 5.83 Å². The van der Waals surface area contributed by atoms with Crippen LogP contribution in [0.4, 0.5) is 4.39 Å². The first-order chi connectivity index (χ1) is 15.7. The molecule has 0 bridgehead atoms. The smallest absolute Gasteiger partial charge is 0.196 e. The Labute approximate surface area is 195 Å². The highest BCUT2D eigenvalue weighted by atomic mass is 19.1. The van der Waals surface area contributed by atoms with Crippen LogP contribution in [-0.4, -0.2) is 12.7 Å². The Bertz CT molecular complexity index is 719. The topological polar surface area (TPSA) is 33.0 Å². The van der Waals surface area contributed by atoms with Gasteiger partial charge in [0.1, 0.15) is 6.07 Å². The van der Waals surface area contributed by atoms with Crippen molar-refractivity contribution in [3.63, 3.8) is 0 Å². The second-order valence-corrected chi connectivity index (χ2v) is 10.1. The van der Waals surface area contributed by atoms with Gasteiger partial charge in [-0.05, 0) is 99.2 Å². The van der Waals surface area contributed by atoms with E-state index in [-0.39, 0.29) is 0 Å². The first-order valence-electron chi connectivity index (χ1n) is 13.1. The molecule has 3 heteroatoms. The minimum absolute atomic E-state index is 0.441. The summed E-state index contributed by atoms with van der Waals surface area (Å²) < 4.78 is 19.2. The Morgan fingerprint density at radius 3 is 2.34 bits per heavy atom. The highest BCUT2D eigenvalue weighted by Crippen LogP contribution is 2.36. The van der Waals surface area contributed by atoms with Crippen LogP contribution in [0.25, 0.3) is 0 Å². The molecule has 0 spiro atoms. The molecule has 2 nitrogen and oxygen atoms in total. The SMILES string of the molecule is CCCCCc1ccc(C2CCC(OCC3CCC(CC/C=C(\F)C#N)CC3)CC2)cc1. The average Bonchev–Trinajstić information content (AvgIpc) is 2.84. The van der Waals surface area contributed by atoms with E-state index in [1.165, 1.54) is 94.3 Å². The lowest BCUT2D eigenvalue weighted by Crippen LogP contribution is -2.25. The van der Waals surface area contributed by atoms with Crippen LogP contribution < -0.4 is 0 Å². The summed E-state index contributed by atoms with van der Waals surface area (Å²) >= 11 is 0. The lowest BCUT2D eigenvalue weighted by atomic mass is 9.80. The molecule has 3 rings (SSSR count). The predicted molar refractivity (Wildman–Crippen MR) is 130 cm³/mol. The van der Waals surface area contributed by atoms with Crippen molar-refractivity contribution in [3.05, 3.63) is 47.3 Å². The molecule has 0 aliphatic heterocycles. The molecule has 0 heterocycles. The van der Waals surface area contributed by atoms with Gasteiger partial charge < -0.3 is 4.74 Å². The van der Waals surface area contributed by atoms with Gasteiger partial charge in [0.2, 0.25) is 0 Å². The van der Waals surface area contributed by atoms with Crippen molar-refractivity contribution in [1.82, 2.24) is 0 Å². The minimum Gasteiger partial charge on any atom is -0.378 e. The van der Waals surface area contributed by atoms with E-state index in [1.54, 1.807) is 6.07 Å². The maximum Gasteiger partial charge on any atom is 0.196 e. The van der Waals surface area contributed by atoms with Crippen LogP contribution in [0.3, 0.4) is 0 Å². The van der Waals surface area contributed by atoms with Gasteiger partial charge in [-0.2, -0.15) is 9.65 Å². The summed E-state index contributed by atoms with van der Waals surface area (Å²) in [5, 5.41) is 8.48. The van der Waals surface area contributed by atoms with Gasteiger partial charge >= 0.3 is 0 Å². The Balaban J connectivity index is 1.29. The van der Waals surface area contributed by atoms with Gasteiger partial charge in [-0.1, -0.05) is 56.9 Å². The summed E-state index contributed by atoms with van der Waals surface area (Å²) in [7, 11) is 0. The summed E-state index contributed by atoms with van der Waals surface area (Å²) in [4.78, 5) is 0. The standard InChI is InChI=1S/C29H42FNO/c1-2-3-4-6-23-13-15-26(16-14-23)27-17-19-29(20-18-27)32-22-25-11-9-24(10-12-25)7-5-8-28(30)21-31/h8,13-16,24-25,27,29H,2-7,9-12,17-20,22H2,1H3/b28-8-. The third-order valence-electron chi connectivity index (χ3n) is 7.73. The largest absolute Gasteiger partial charge is 0.378 e. The summed E-state index contributed by atoms with van der Waals surface area (Å²) in [5.74, 6) is 1.44. The highest BCUT2D eigenvalue weighted by molar-refractivity contribution is 5.26. The number of aryl methyl sites for hydroxylation is 1. The van der Waals surface area contributed by atoms with E-state index in [0.29, 0.717) is 30.3 Å². The number of halogens is 1. The minimum atomic E-state index is -0.638. The zero-order valence-electron chi connectivity index (χ0n) is 20.0. The number of unbranched alkanes of at least 4 members (excludes halogenated alkanes) is 2. The van der Waals surface area contributed by atoms with Gasteiger partial charge in [0, 0.05) is 6.61 Å². The zero-order valence-corrected chi connectivity index (χ0v) is 20.0. The zero-order chi connectivity index (χ0) is 22.6. The van der Waals surface area contributed by atoms with Crippen LogP contribution >= 0.6 is 0 Å². The van der Waals surface area contributed by atoms with Crippen LogP contribution in [0, 0.1) is 23.2 Å². The molecular weight excluding hydrogens is 397 g/mol. The number of hydrogen-bond donors (Lipinski definition) is 0. The number of benzene rings is 1. The summed E-state index contributed by atoms with van der Waals surface area (Å²) in [6.45, 7) is 3.18. The van der Waals surface area contributed by atoms with Crippen LogP contribution in [0.1, 0.15) is 107 Å². The van der Waals surface area contributed by atoms with Crippen molar-refractivity contribution in [2.45, 2.75) is 109 Å². The molecule has 0 saturated heterocycles. The van der Waals surface area contributed by atoms with E-state index < -0.39 is 5.83 Å². The first-order valence-corrected chi connectivity index (χ1v) is 13.1. The number of allylic oxidation sites excluding steroid dienone is 2. The molecule has 2 aliphatic carbocycles. The van der Waals surface area contributed by atoms with E-state index in [9.17, 15) is 4.39 Å². The van der Waals surface area contributed by atoms with E-state index in [2.05, 4.69) is 31.2 Å². The average molecular weight is 440 g/mol. The second-order valence-electron chi connectivity index (χ2n) is 10.1. The first kappa shape index (κ1) is 25.0. The number of hydrogen-bond acceptors (Lipinski definition) is 2. The fourth-order valence-corrected chi connectivity index (χ4v) is 5.55. The number of ether oxygens (including phenoxy) is 1. The van der Waals surface area contributed by atoms with E-state index in [1.807, 2.05) is 0 Å². The number of nitriles is 1.